The van der Waals surface area contributed by atoms with Crippen LogP contribution < -0.4 is 10.6 Å². The van der Waals surface area contributed by atoms with E-state index in [4.69, 9.17) is 11.0 Å². The molecule has 68 valence electrons. The number of nitrogens with zero attached hydrogens (tertiary/aromatic N) is 4. The van der Waals surface area contributed by atoms with Gasteiger partial charge >= 0.3 is 0 Å². The van der Waals surface area contributed by atoms with E-state index in [0.717, 1.165) is 0 Å². The molecule has 13 heavy (non-hydrogen) atoms. The molecule has 0 unspecified atom stereocenters. The van der Waals surface area contributed by atoms with Gasteiger partial charge in [-0.3, -0.25) is 0 Å². The molecule has 5 nitrogen and oxygen atoms in total. The molecule has 0 aliphatic carbocycles. The second kappa shape index (κ2) is 4.38. The molecule has 1 rings (SSSR count). The highest BCUT2D eigenvalue weighted by atomic mass is 15.2. The lowest BCUT2D eigenvalue weighted by atomic mass is 10.3. The van der Waals surface area contributed by atoms with Gasteiger partial charge in [-0.1, -0.05) is 0 Å². The van der Waals surface area contributed by atoms with Crippen LogP contribution in [0, 0.1) is 11.3 Å². The molecule has 0 spiro atoms. The molecular formula is C8H11N5. The summed E-state index contributed by atoms with van der Waals surface area (Å²) in [5.74, 6) is 0.579. The minimum absolute atomic E-state index is 0.519. The van der Waals surface area contributed by atoms with Gasteiger partial charge in [0.2, 0.25) is 0 Å². The van der Waals surface area contributed by atoms with Crippen molar-refractivity contribution in [3.63, 3.8) is 0 Å². The first kappa shape index (κ1) is 9.42. The lowest BCUT2D eigenvalue weighted by Crippen LogP contribution is -2.26. The molecule has 1 aromatic heterocycles. The second-order valence-corrected chi connectivity index (χ2v) is 2.59. The van der Waals surface area contributed by atoms with Gasteiger partial charge in [0.25, 0.3) is 0 Å². The van der Waals surface area contributed by atoms with E-state index in [1.807, 2.05) is 18.0 Å². The summed E-state index contributed by atoms with van der Waals surface area (Å²) in [6, 6.07) is 3.68. The Morgan fingerprint density at radius 2 is 2.46 bits per heavy atom. The molecule has 2 N–H and O–H groups in total. The lowest BCUT2D eigenvalue weighted by Gasteiger charge is -2.16. The smallest absolute Gasteiger partial charge is 0.169 e. The first-order valence-electron chi connectivity index (χ1n) is 3.92. The Morgan fingerprint density at radius 1 is 1.69 bits per heavy atom. The Kier molecular flexibility index (Phi) is 3.17. The number of likely N-dealkylation sites (N-methyl/N-ethyl adjacent to an activating group) is 1. The van der Waals surface area contributed by atoms with Crippen molar-refractivity contribution in [3.05, 3.63) is 17.8 Å². The van der Waals surface area contributed by atoms with Crippen molar-refractivity contribution in [2.75, 3.05) is 25.0 Å². The molecule has 0 aromatic carbocycles. The fraction of sp³-hybridized carbons (Fsp3) is 0.375. The van der Waals surface area contributed by atoms with Gasteiger partial charge in [0.05, 0.1) is 11.8 Å². The quantitative estimate of drug-likeness (QED) is 0.688. The van der Waals surface area contributed by atoms with Crippen molar-refractivity contribution in [3.8, 4) is 6.07 Å². The third kappa shape index (κ3) is 2.13. The van der Waals surface area contributed by atoms with Gasteiger partial charge in [0.15, 0.2) is 5.82 Å². The summed E-state index contributed by atoms with van der Waals surface area (Å²) in [7, 11) is 1.83. The maximum Gasteiger partial charge on any atom is 0.169 e. The molecule has 0 aliphatic rings. The maximum absolute atomic E-state index is 8.76. The normalized spacial score (nSPS) is 9.31. The Bertz CT molecular complexity index is 317. The molecule has 1 aromatic rings. The third-order valence-corrected chi connectivity index (χ3v) is 1.65. The van der Waals surface area contributed by atoms with E-state index in [1.54, 1.807) is 6.07 Å². The van der Waals surface area contributed by atoms with E-state index in [-0.39, 0.29) is 0 Å². The van der Waals surface area contributed by atoms with Crippen LogP contribution in [-0.2, 0) is 0 Å². The summed E-state index contributed by atoms with van der Waals surface area (Å²) in [6.07, 6.45) is 1.50. The SMILES string of the molecule is CN(CCN)c1nnccc1C#N. The van der Waals surface area contributed by atoms with E-state index in [1.165, 1.54) is 6.20 Å². The summed E-state index contributed by atoms with van der Waals surface area (Å²) < 4.78 is 0. The zero-order valence-corrected chi connectivity index (χ0v) is 7.44. The minimum Gasteiger partial charge on any atom is -0.356 e. The van der Waals surface area contributed by atoms with E-state index in [0.29, 0.717) is 24.5 Å². The van der Waals surface area contributed by atoms with Crippen LogP contribution in [0.2, 0.25) is 0 Å². The molecule has 5 heteroatoms. The van der Waals surface area contributed by atoms with Gasteiger partial charge in [-0.15, -0.1) is 5.10 Å². The fourth-order valence-corrected chi connectivity index (χ4v) is 0.993. The molecule has 0 bridgehead atoms. The number of aromatic nitrogens is 2. The summed E-state index contributed by atoms with van der Waals surface area (Å²) in [5.41, 5.74) is 5.90. The number of nitrogens with two attached hydrogens (primary N) is 1. The summed E-state index contributed by atoms with van der Waals surface area (Å²) >= 11 is 0. The monoisotopic (exact) mass is 177 g/mol. The molecule has 0 radical (unpaired) electrons. The summed E-state index contributed by atoms with van der Waals surface area (Å²) in [5, 5.41) is 16.3. The van der Waals surface area contributed by atoms with Gasteiger partial charge in [-0.2, -0.15) is 10.4 Å². The van der Waals surface area contributed by atoms with Gasteiger partial charge < -0.3 is 10.6 Å². The predicted octanol–water partition coefficient (Wildman–Crippen LogP) is -0.257. The van der Waals surface area contributed by atoms with Gasteiger partial charge in [-0.25, -0.2) is 0 Å². The van der Waals surface area contributed by atoms with Crippen molar-refractivity contribution in [2.45, 2.75) is 0 Å². The Balaban J connectivity index is 2.93. The largest absolute Gasteiger partial charge is 0.356 e. The van der Waals surface area contributed by atoms with Crippen molar-refractivity contribution in [1.82, 2.24) is 10.2 Å². The standard InChI is InChI=1S/C8H11N5/c1-13(5-3-9)8-7(6-10)2-4-11-12-8/h2,4H,3,5,9H2,1H3. The number of rotatable bonds is 3. The fourth-order valence-electron chi connectivity index (χ4n) is 0.993. The molecule has 1 heterocycles. The number of nitriles is 1. The lowest BCUT2D eigenvalue weighted by molar-refractivity contribution is 0.844. The van der Waals surface area contributed by atoms with Crippen molar-refractivity contribution < 1.29 is 0 Å². The van der Waals surface area contributed by atoms with Crippen LogP contribution in [0.25, 0.3) is 0 Å². The van der Waals surface area contributed by atoms with E-state index in [9.17, 15) is 0 Å². The zero-order chi connectivity index (χ0) is 9.68. The minimum atomic E-state index is 0.519. The highest BCUT2D eigenvalue weighted by molar-refractivity contribution is 5.51. The van der Waals surface area contributed by atoms with Crippen molar-refractivity contribution >= 4 is 5.82 Å². The maximum atomic E-state index is 8.76. The molecule has 0 atom stereocenters. The predicted molar refractivity (Wildman–Crippen MR) is 49.1 cm³/mol. The van der Waals surface area contributed by atoms with E-state index < -0.39 is 0 Å². The van der Waals surface area contributed by atoms with Crippen LogP contribution >= 0.6 is 0 Å². The Hall–Kier alpha value is -1.67. The Labute approximate surface area is 76.8 Å². The molecule has 0 fully saturated rings. The summed E-state index contributed by atoms with van der Waals surface area (Å²) in [6.45, 7) is 1.19. The van der Waals surface area contributed by atoms with Gasteiger partial charge in [0.1, 0.15) is 6.07 Å². The number of anilines is 1. The molecule has 0 saturated carbocycles. The first-order chi connectivity index (χ1) is 6.29. The van der Waals surface area contributed by atoms with Crippen LogP contribution in [-0.4, -0.2) is 30.3 Å². The van der Waals surface area contributed by atoms with Crippen LogP contribution in [0.15, 0.2) is 12.3 Å². The van der Waals surface area contributed by atoms with Crippen LogP contribution in [0.3, 0.4) is 0 Å². The zero-order valence-electron chi connectivity index (χ0n) is 7.44. The highest BCUT2D eigenvalue weighted by Crippen LogP contribution is 2.11. The first-order valence-corrected chi connectivity index (χ1v) is 3.92. The van der Waals surface area contributed by atoms with Gasteiger partial charge in [0, 0.05) is 20.1 Å². The van der Waals surface area contributed by atoms with E-state index >= 15 is 0 Å². The van der Waals surface area contributed by atoms with Crippen LogP contribution in [0.4, 0.5) is 5.82 Å². The Morgan fingerprint density at radius 3 is 3.08 bits per heavy atom. The van der Waals surface area contributed by atoms with E-state index in [2.05, 4.69) is 10.2 Å². The summed E-state index contributed by atoms with van der Waals surface area (Å²) in [4.78, 5) is 1.81. The van der Waals surface area contributed by atoms with Crippen LogP contribution in [0.5, 0.6) is 0 Å². The molecule has 0 aliphatic heterocycles. The molecule has 0 amide bonds. The second-order valence-electron chi connectivity index (χ2n) is 2.59. The van der Waals surface area contributed by atoms with Crippen molar-refractivity contribution in [1.29, 1.82) is 5.26 Å². The van der Waals surface area contributed by atoms with Crippen molar-refractivity contribution in [2.24, 2.45) is 5.73 Å². The number of hydrogen-bond acceptors (Lipinski definition) is 5. The average molecular weight is 177 g/mol. The van der Waals surface area contributed by atoms with Crippen LogP contribution in [0.1, 0.15) is 5.56 Å². The third-order valence-electron chi connectivity index (χ3n) is 1.65. The average Bonchev–Trinajstić information content (AvgIpc) is 2.18. The highest BCUT2D eigenvalue weighted by Gasteiger charge is 2.07. The van der Waals surface area contributed by atoms with Gasteiger partial charge in [-0.05, 0) is 6.07 Å². The topological polar surface area (TPSA) is 78.8 Å². The molecular weight excluding hydrogens is 166 g/mol. The molecule has 0 saturated heterocycles. The number of hydrogen-bond donors (Lipinski definition) is 1.